The van der Waals surface area contributed by atoms with Crippen molar-refractivity contribution in [1.29, 1.82) is 0 Å². The van der Waals surface area contributed by atoms with Crippen LogP contribution in [0.4, 0.5) is 5.69 Å². The van der Waals surface area contributed by atoms with Crippen molar-refractivity contribution in [3.8, 4) is 0 Å². The zero-order valence-electron chi connectivity index (χ0n) is 13.0. The molecule has 2 aromatic rings. The third kappa shape index (κ3) is 3.67. The molecule has 3 nitrogen and oxygen atoms in total. The predicted molar refractivity (Wildman–Crippen MR) is 94.3 cm³/mol. The van der Waals surface area contributed by atoms with Gasteiger partial charge in [0.25, 0.3) is 0 Å². The van der Waals surface area contributed by atoms with Gasteiger partial charge >= 0.3 is 0 Å². The normalized spacial score (nSPS) is 17.4. The summed E-state index contributed by atoms with van der Waals surface area (Å²) in [6.07, 6.45) is 3.21. The van der Waals surface area contributed by atoms with Gasteiger partial charge in [0.15, 0.2) is 0 Å². The van der Waals surface area contributed by atoms with Crippen LogP contribution in [0.2, 0.25) is 5.02 Å². The Hall–Kier alpha value is -2.00. The second-order valence-electron chi connectivity index (χ2n) is 6.00. The van der Waals surface area contributed by atoms with E-state index in [0.29, 0.717) is 12.8 Å². The van der Waals surface area contributed by atoms with Crippen molar-refractivity contribution in [2.75, 3.05) is 12.3 Å². The highest BCUT2D eigenvalue weighted by atomic mass is 35.5. The van der Waals surface area contributed by atoms with Gasteiger partial charge in [-0.15, -0.1) is 0 Å². The lowest BCUT2D eigenvalue weighted by atomic mass is 10.0. The minimum Gasteiger partial charge on any atom is -0.399 e. The van der Waals surface area contributed by atoms with Crippen molar-refractivity contribution in [1.82, 2.24) is 4.90 Å². The molecular formula is C19H21ClN2O. The number of carbonyl (C=O) groups is 1. The molecule has 1 aliphatic rings. The fraction of sp³-hybridized carbons (Fsp3) is 0.316. The molecule has 0 saturated carbocycles. The molecule has 1 aliphatic heterocycles. The SMILES string of the molecule is Nc1ccccc1CCC(=O)N1CCCC1c1cccc(Cl)c1. The molecule has 120 valence electrons. The summed E-state index contributed by atoms with van der Waals surface area (Å²) in [4.78, 5) is 14.6. The Bertz CT molecular complexity index is 701. The second-order valence-corrected chi connectivity index (χ2v) is 6.44. The van der Waals surface area contributed by atoms with Gasteiger partial charge in [-0.2, -0.15) is 0 Å². The number of nitrogens with zero attached hydrogens (tertiary/aromatic N) is 1. The molecule has 0 aliphatic carbocycles. The van der Waals surface area contributed by atoms with Crippen LogP contribution < -0.4 is 5.73 Å². The smallest absolute Gasteiger partial charge is 0.223 e. The van der Waals surface area contributed by atoms with Crippen LogP contribution in [0.1, 0.15) is 36.4 Å². The van der Waals surface area contributed by atoms with Crippen molar-refractivity contribution in [3.05, 3.63) is 64.7 Å². The van der Waals surface area contributed by atoms with Crippen LogP contribution in [0.3, 0.4) is 0 Å². The van der Waals surface area contributed by atoms with E-state index >= 15 is 0 Å². The quantitative estimate of drug-likeness (QED) is 0.854. The fourth-order valence-electron chi connectivity index (χ4n) is 3.27. The number of halogens is 1. The fourth-order valence-corrected chi connectivity index (χ4v) is 3.47. The molecule has 1 fully saturated rings. The zero-order chi connectivity index (χ0) is 16.2. The van der Waals surface area contributed by atoms with Gasteiger partial charge < -0.3 is 10.6 Å². The molecule has 0 spiro atoms. The van der Waals surface area contributed by atoms with Crippen LogP contribution in [0.15, 0.2) is 48.5 Å². The molecule has 1 amide bonds. The number of hydrogen-bond acceptors (Lipinski definition) is 2. The summed E-state index contributed by atoms with van der Waals surface area (Å²) in [5.74, 6) is 0.190. The zero-order valence-corrected chi connectivity index (χ0v) is 13.8. The monoisotopic (exact) mass is 328 g/mol. The van der Waals surface area contributed by atoms with Crippen molar-refractivity contribution in [3.63, 3.8) is 0 Å². The number of rotatable bonds is 4. The van der Waals surface area contributed by atoms with Gasteiger partial charge in [0, 0.05) is 23.7 Å². The summed E-state index contributed by atoms with van der Waals surface area (Å²) >= 11 is 6.09. The average Bonchev–Trinajstić information content (AvgIpc) is 3.03. The van der Waals surface area contributed by atoms with Gasteiger partial charge in [-0.3, -0.25) is 4.79 Å². The Morgan fingerprint density at radius 2 is 2.04 bits per heavy atom. The van der Waals surface area contributed by atoms with Crippen molar-refractivity contribution >= 4 is 23.2 Å². The van der Waals surface area contributed by atoms with Gasteiger partial charge in [-0.05, 0) is 48.6 Å². The Morgan fingerprint density at radius 1 is 1.22 bits per heavy atom. The second kappa shape index (κ2) is 7.05. The number of amides is 1. The largest absolute Gasteiger partial charge is 0.399 e. The number of likely N-dealkylation sites (tertiary alicyclic amines) is 1. The van der Waals surface area contributed by atoms with E-state index in [0.717, 1.165) is 41.2 Å². The van der Waals surface area contributed by atoms with Crippen molar-refractivity contribution in [2.45, 2.75) is 31.7 Å². The highest BCUT2D eigenvalue weighted by Gasteiger charge is 2.29. The number of anilines is 1. The maximum Gasteiger partial charge on any atom is 0.223 e. The predicted octanol–water partition coefficient (Wildman–Crippen LogP) is 4.22. The standard InChI is InChI=1S/C19H21ClN2O/c20-16-7-3-6-15(13-16)18-9-4-12-22(18)19(23)11-10-14-5-1-2-8-17(14)21/h1-3,5-8,13,18H,4,9-12,21H2. The summed E-state index contributed by atoms with van der Waals surface area (Å²) in [6, 6.07) is 15.7. The van der Waals surface area contributed by atoms with E-state index in [1.54, 1.807) is 0 Å². The first-order valence-corrected chi connectivity index (χ1v) is 8.41. The molecule has 4 heteroatoms. The number of nitrogens with two attached hydrogens (primary N) is 1. The lowest BCUT2D eigenvalue weighted by molar-refractivity contribution is -0.132. The highest BCUT2D eigenvalue weighted by molar-refractivity contribution is 6.30. The number of benzene rings is 2. The van der Waals surface area contributed by atoms with Gasteiger partial charge in [0.1, 0.15) is 0 Å². The summed E-state index contributed by atoms with van der Waals surface area (Å²) < 4.78 is 0. The summed E-state index contributed by atoms with van der Waals surface area (Å²) in [5.41, 5.74) is 8.88. The minimum absolute atomic E-state index is 0.148. The first-order valence-electron chi connectivity index (χ1n) is 8.03. The van der Waals surface area contributed by atoms with Crippen molar-refractivity contribution in [2.24, 2.45) is 0 Å². The Kier molecular flexibility index (Phi) is 4.87. The molecular weight excluding hydrogens is 308 g/mol. The minimum atomic E-state index is 0.148. The molecule has 0 radical (unpaired) electrons. The molecule has 2 N–H and O–H groups in total. The lowest BCUT2D eigenvalue weighted by Crippen LogP contribution is -2.30. The van der Waals surface area contributed by atoms with E-state index in [4.69, 9.17) is 17.3 Å². The van der Waals surface area contributed by atoms with Crippen LogP contribution in [-0.4, -0.2) is 17.4 Å². The van der Waals surface area contributed by atoms with Crippen LogP contribution in [0, 0.1) is 0 Å². The number of para-hydroxylation sites is 1. The van der Waals surface area contributed by atoms with Crippen LogP contribution >= 0.6 is 11.6 Å². The van der Waals surface area contributed by atoms with E-state index in [2.05, 4.69) is 6.07 Å². The third-order valence-corrected chi connectivity index (χ3v) is 4.70. The molecule has 2 aromatic carbocycles. The van der Waals surface area contributed by atoms with Gasteiger partial charge in [0.2, 0.25) is 5.91 Å². The molecule has 0 bridgehead atoms. The Morgan fingerprint density at radius 3 is 2.83 bits per heavy atom. The Labute approximate surface area is 142 Å². The van der Waals surface area contributed by atoms with Gasteiger partial charge in [-0.1, -0.05) is 41.9 Å². The number of hydrogen-bond donors (Lipinski definition) is 1. The maximum atomic E-state index is 12.7. The number of aryl methyl sites for hydroxylation is 1. The molecule has 23 heavy (non-hydrogen) atoms. The molecule has 3 rings (SSSR count). The van der Waals surface area contributed by atoms with Crippen molar-refractivity contribution < 1.29 is 4.79 Å². The van der Waals surface area contributed by atoms with E-state index in [-0.39, 0.29) is 11.9 Å². The van der Waals surface area contributed by atoms with E-state index in [1.165, 1.54) is 0 Å². The third-order valence-electron chi connectivity index (χ3n) is 4.47. The van der Waals surface area contributed by atoms with Crippen LogP contribution in [0.5, 0.6) is 0 Å². The topological polar surface area (TPSA) is 46.3 Å². The molecule has 1 saturated heterocycles. The highest BCUT2D eigenvalue weighted by Crippen LogP contribution is 2.33. The summed E-state index contributed by atoms with van der Waals surface area (Å²) in [5, 5.41) is 0.721. The van der Waals surface area contributed by atoms with E-state index < -0.39 is 0 Å². The lowest BCUT2D eigenvalue weighted by Gasteiger charge is -2.25. The molecule has 1 atom stereocenters. The number of carbonyl (C=O) groups excluding carboxylic acids is 1. The summed E-state index contributed by atoms with van der Waals surface area (Å²) in [7, 11) is 0. The maximum absolute atomic E-state index is 12.7. The first kappa shape index (κ1) is 15.9. The molecule has 1 unspecified atom stereocenters. The summed E-state index contributed by atoms with van der Waals surface area (Å²) in [6.45, 7) is 0.820. The number of nitrogen functional groups attached to an aromatic ring is 1. The van der Waals surface area contributed by atoms with Crippen LogP contribution in [-0.2, 0) is 11.2 Å². The molecule has 0 aromatic heterocycles. The van der Waals surface area contributed by atoms with Gasteiger partial charge in [-0.25, -0.2) is 0 Å². The first-order chi connectivity index (χ1) is 11.1. The van der Waals surface area contributed by atoms with Crippen LogP contribution in [0.25, 0.3) is 0 Å². The Balaban J connectivity index is 1.68. The van der Waals surface area contributed by atoms with E-state index in [9.17, 15) is 4.79 Å². The average molecular weight is 329 g/mol. The molecule has 1 heterocycles. The van der Waals surface area contributed by atoms with E-state index in [1.807, 2.05) is 47.4 Å². The van der Waals surface area contributed by atoms with Gasteiger partial charge in [0.05, 0.1) is 6.04 Å².